The molecule has 1 aromatic rings. The first kappa shape index (κ1) is 9.70. The number of amides is 1. The van der Waals surface area contributed by atoms with Crippen LogP contribution in [-0.4, -0.2) is 24.0 Å². The highest BCUT2D eigenvalue weighted by molar-refractivity contribution is 5.81. The van der Waals surface area contributed by atoms with Gasteiger partial charge in [0.05, 0.1) is 13.5 Å². The van der Waals surface area contributed by atoms with E-state index in [9.17, 15) is 4.79 Å². The van der Waals surface area contributed by atoms with E-state index in [0.29, 0.717) is 12.5 Å². The summed E-state index contributed by atoms with van der Waals surface area (Å²) in [6, 6.07) is 6.55. The van der Waals surface area contributed by atoms with Gasteiger partial charge in [-0.05, 0) is 36.1 Å². The highest BCUT2D eigenvalue weighted by atomic mass is 16.5. The van der Waals surface area contributed by atoms with Crippen LogP contribution in [0.5, 0.6) is 5.75 Å². The van der Waals surface area contributed by atoms with Crippen LogP contribution in [0.2, 0.25) is 0 Å². The second-order valence-electron chi connectivity index (χ2n) is 4.56. The molecule has 0 spiro atoms. The average Bonchev–Trinajstić information content (AvgIpc) is 3.11. The lowest BCUT2D eigenvalue weighted by Gasteiger charge is -2.29. The number of hydrogen-bond acceptors (Lipinski definition) is 2. The Kier molecular flexibility index (Phi) is 2.13. The van der Waals surface area contributed by atoms with Crippen molar-refractivity contribution in [1.82, 2.24) is 4.90 Å². The Labute approximate surface area is 95.0 Å². The Morgan fingerprint density at radius 3 is 2.81 bits per heavy atom. The fraction of sp³-hybridized carbons (Fsp3) is 0.462. The summed E-state index contributed by atoms with van der Waals surface area (Å²) in [7, 11) is 1.66. The van der Waals surface area contributed by atoms with Crippen LogP contribution >= 0.6 is 0 Å². The van der Waals surface area contributed by atoms with Gasteiger partial charge in [-0.2, -0.15) is 0 Å². The molecule has 1 amide bonds. The van der Waals surface area contributed by atoms with Crippen LogP contribution in [0.15, 0.2) is 18.2 Å². The Hall–Kier alpha value is -1.51. The third-order valence-electron chi connectivity index (χ3n) is 3.40. The molecule has 3 rings (SSSR count). The Balaban J connectivity index is 1.91. The molecule has 84 valence electrons. The molecule has 0 aromatic heterocycles. The molecule has 1 heterocycles. The number of benzene rings is 1. The number of nitrogens with zero attached hydrogens (tertiary/aromatic N) is 1. The Bertz CT molecular complexity index is 438. The molecule has 0 atom stereocenters. The van der Waals surface area contributed by atoms with Gasteiger partial charge in [-0.15, -0.1) is 0 Å². The highest BCUT2D eigenvalue weighted by Gasteiger charge is 2.35. The molecule has 3 heteroatoms. The highest BCUT2D eigenvalue weighted by Crippen LogP contribution is 2.33. The van der Waals surface area contributed by atoms with Crippen molar-refractivity contribution in [1.29, 1.82) is 0 Å². The Morgan fingerprint density at radius 1 is 1.31 bits per heavy atom. The van der Waals surface area contributed by atoms with Gasteiger partial charge in [0.15, 0.2) is 0 Å². The summed E-state index contributed by atoms with van der Waals surface area (Å²) >= 11 is 0. The maximum Gasteiger partial charge on any atom is 0.227 e. The first-order valence-electron chi connectivity index (χ1n) is 5.73. The van der Waals surface area contributed by atoms with E-state index in [4.69, 9.17) is 4.74 Å². The number of carbonyl (C=O) groups is 1. The van der Waals surface area contributed by atoms with E-state index in [1.807, 2.05) is 17.0 Å². The quantitative estimate of drug-likeness (QED) is 0.755. The lowest BCUT2D eigenvalue weighted by molar-refractivity contribution is -0.132. The minimum atomic E-state index is 0.267. The molecule has 0 radical (unpaired) electrons. The van der Waals surface area contributed by atoms with Gasteiger partial charge in [-0.3, -0.25) is 4.79 Å². The number of ether oxygens (including phenoxy) is 1. The van der Waals surface area contributed by atoms with Gasteiger partial charge in [0.25, 0.3) is 0 Å². The molecular formula is C13H15NO2. The minimum Gasteiger partial charge on any atom is -0.497 e. The van der Waals surface area contributed by atoms with Crippen LogP contribution < -0.4 is 4.74 Å². The second-order valence-corrected chi connectivity index (χ2v) is 4.56. The summed E-state index contributed by atoms with van der Waals surface area (Å²) in [6.45, 7) is 0.781. The molecular weight excluding hydrogens is 202 g/mol. The van der Waals surface area contributed by atoms with E-state index in [0.717, 1.165) is 17.9 Å². The standard InChI is InChI=1S/C13H15NO2/c1-16-12-5-2-9-8-14(11-3-4-11)13(15)7-10(9)6-12/h2,5-6,11H,3-4,7-8H2,1H3. The van der Waals surface area contributed by atoms with Crippen LogP contribution in [-0.2, 0) is 17.8 Å². The third kappa shape index (κ3) is 1.56. The van der Waals surface area contributed by atoms with Gasteiger partial charge < -0.3 is 9.64 Å². The van der Waals surface area contributed by atoms with E-state index in [1.54, 1.807) is 7.11 Å². The number of methoxy groups -OCH3 is 1. The summed E-state index contributed by atoms with van der Waals surface area (Å²) < 4.78 is 5.18. The minimum absolute atomic E-state index is 0.267. The fourth-order valence-corrected chi connectivity index (χ4v) is 2.30. The summed E-state index contributed by atoms with van der Waals surface area (Å²) in [6.07, 6.45) is 2.89. The molecule has 1 saturated carbocycles. The molecule has 2 aliphatic rings. The number of hydrogen-bond donors (Lipinski definition) is 0. The molecule has 1 aliphatic carbocycles. The molecule has 1 fully saturated rings. The average molecular weight is 217 g/mol. The predicted octanol–water partition coefficient (Wildman–Crippen LogP) is 1.74. The predicted molar refractivity (Wildman–Crippen MR) is 60.3 cm³/mol. The van der Waals surface area contributed by atoms with Crippen molar-refractivity contribution in [3.8, 4) is 5.75 Å². The van der Waals surface area contributed by atoms with Crippen molar-refractivity contribution in [2.45, 2.75) is 31.8 Å². The van der Waals surface area contributed by atoms with E-state index in [-0.39, 0.29) is 5.91 Å². The molecule has 0 bridgehead atoms. The number of carbonyl (C=O) groups excluding carboxylic acids is 1. The van der Waals surface area contributed by atoms with Gasteiger partial charge in [0.1, 0.15) is 5.75 Å². The maximum absolute atomic E-state index is 11.9. The summed E-state index contributed by atoms with van der Waals surface area (Å²) in [5.41, 5.74) is 2.40. The van der Waals surface area contributed by atoms with Crippen molar-refractivity contribution < 1.29 is 9.53 Å². The molecule has 1 aliphatic heterocycles. The summed E-state index contributed by atoms with van der Waals surface area (Å²) in [5, 5.41) is 0. The van der Waals surface area contributed by atoms with E-state index in [2.05, 4.69) is 6.07 Å². The molecule has 16 heavy (non-hydrogen) atoms. The van der Waals surface area contributed by atoms with E-state index >= 15 is 0 Å². The molecule has 3 nitrogen and oxygen atoms in total. The zero-order chi connectivity index (χ0) is 11.1. The summed E-state index contributed by atoms with van der Waals surface area (Å²) in [4.78, 5) is 13.9. The smallest absolute Gasteiger partial charge is 0.227 e. The number of fused-ring (bicyclic) bond motifs is 1. The lowest BCUT2D eigenvalue weighted by Crippen LogP contribution is -2.37. The van der Waals surface area contributed by atoms with Gasteiger partial charge in [0.2, 0.25) is 5.91 Å². The Morgan fingerprint density at radius 2 is 2.12 bits per heavy atom. The van der Waals surface area contributed by atoms with Crippen LogP contribution in [0, 0.1) is 0 Å². The van der Waals surface area contributed by atoms with Crippen LogP contribution in [0.3, 0.4) is 0 Å². The van der Waals surface area contributed by atoms with Gasteiger partial charge in [-0.25, -0.2) is 0 Å². The van der Waals surface area contributed by atoms with Crippen molar-refractivity contribution in [3.05, 3.63) is 29.3 Å². The van der Waals surface area contributed by atoms with Crippen molar-refractivity contribution in [2.75, 3.05) is 7.11 Å². The molecule has 0 unspecified atom stereocenters. The van der Waals surface area contributed by atoms with Crippen molar-refractivity contribution in [3.63, 3.8) is 0 Å². The monoisotopic (exact) mass is 217 g/mol. The summed E-state index contributed by atoms with van der Waals surface area (Å²) in [5.74, 6) is 1.11. The zero-order valence-electron chi connectivity index (χ0n) is 9.40. The van der Waals surface area contributed by atoms with Crippen molar-refractivity contribution >= 4 is 5.91 Å². The van der Waals surface area contributed by atoms with Gasteiger partial charge in [0, 0.05) is 12.6 Å². The van der Waals surface area contributed by atoms with Crippen LogP contribution in [0.4, 0.5) is 0 Å². The fourth-order valence-electron chi connectivity index (χ4n) is 2.30. The lowest BCUT2D eigenvalue weighted by atomic mass is 9.99. The largest absolute Gasteiger partial charge is 0.497 e. The molecule has 0 saturated heterocycles. The van der Waals surface area contributed by atoms with Gasteiger partial charge in [-0.1, -0.05) is 6.07 Å². The van der Waals surface area contributed by atoms with Gasteiger partial charge >= 0.3 is 0 Å². The van der Waals surface area contributed by atoms with Crippen molar-refractivity contribution in [2.24, 2.45) is 0 Å². The second kappa shape index (κ2) is 3.51. The molecule has 0 N–H and O–H groups in total. The maximum atomic E-state index is 11.9. The van der Waals surface area contributed by atoms with E-state index < -0.39 is 0 Å². The van der Waals surface area contributed by atoms with Crippen LogP contribution in [0.25, 0.3) is 0 Å². The third-order valence-corrected chi connectivity index (χ3v) is 3.40. The topological polar surface area (TPSA) is 29.5 Å². The van der Waals surface area contributed by atoms with E-state index in [1.165, 1.54) is 18.4 Å². The SMILES string of the molecule is COc1ccc2c(c1)CC(=O)N(C1CC1)C2. The normalized spacial score (nSPS) is 19.6. The molecule has 1 aromatic carbocycles. The number of rotatable bonds is 2. The zero-order valence-corrected chi connectivity index (χ0v) is 9.40. The first-order chi connectivity index (χ1) is 7.78. The first-order valence-corrected chi connectivity index (χ1v) is 5.73. The van der Waals surface area contributed by atoms with Crippen LogP contribution in [0.1, 0.15) is 24.0 Å².